The Hall–Kier alpha value is -2.36. The van der Waals surface area contributed by atoms with Gasteiger partial charge in [0.05, 0.1) is 0 Å². The van der Waals surface area contributed by atoms with E-state index in [0.29, 0.717) is 0 Å². The molecule has 2 aromatic rings. The number of nitrogens with zero attached hydrogens (tertiary/aromatic N) is 3. The number of anilines is 1. The summed E-state index contributed by atoms with van der Waals surface area (Å²) < 4.78 is 0. The zero-order chi connectivity index (χ0) is 24.9. The van der Waals surface area contributed by atoms with Gasteiger partial charge in [0, 0.05) is 51.4 Å². The molecule has 4 aliphatic rings. The van der Waals surface area contributed by atoms with Crippen molar-refractivity contribution in [1.29, 1.82) is 0 Å². The summed E-state index contributed by atoms with van der Waals surface area (Å²) in [5.41, 5.74) is 10.5. The molecule has 0 bridgehead atoms. The van der Waals surface area contributed by atoms with Crippen molar-refractivity contribution in [3.63, 3.8) is 0 Å². The Labute approximate surface area is 214 Å². The number of likely N-dealkylation sites (N-methyl/N-ethyl adjacent to an activating group) is 1. The van der Waals surface area contributed by atoms with E-state index in [9.17, 15) is 0 Å². The molecule has 2 unspecified atom stereocenters. The van der Waals surface area contributed by atoms with Crippen LogP contribution in [0.4, 0.5) is 5.69 Å². The van der Waals surface area contributed by atoms with Crippen molar-refractivity contribution < 1.29 is 0 Å². The topological polar surface area (TPSA) is 9.72 Å². The molecule has 3 heteroatoms. The predicted octanol–water partition coefficient (Wildman–Crippen LogP) is 6.04. The molecular formula is C32H45N3. The van der Waals surface area contributed by atoms with Crippen LogP contribution in [0.1, 0.15) is 41.2 Å². The highest BCUT2D eigenvalue weighted by atomic mass is 15.1. The number of hydrogen-bond donors (Lipinski definition) is 0. The van der Waals surface area contributed by atoms with Crippen LogP contribution in [0.2, 0.25) is 0 Å². The second-order valence-electron chi connectivity index (χ2n) is 11.1. The van der Waals surface area contributed by atoms with Gasteiger partial charge in [-0.25, -0.2) is 0 Å². The number of likely N-dealkylation sites (tertiary alicyclic amines) is 1. The molecule has 0 N–H and O–H groups in total. The first kappa shape index (κ1) is 25.7. The lowest BCUT2D eigenvalue weighted by molar-refractivity contribution is 0.312. The molecule has 0 saturated carbocycles. The van der Waals surface area contributed by atoms with Crippen molar-refractivity contribution in [1.82, 2.24) is 9.80 Å². The van der Waals surface area contributed by atoms with E-state index in [1.807, 2.05) is 0 Å². The van der Waals surface area contributed by atoms with Gasteiger partial charge in [0.2, 0.25) is 0 Å². The maximum absolute atomic E-state index is 2.42. The molecular weight excluding hydrogens is 426 g/mol. The summed E-state index contributed by atoms with van der Waals surface area (Å²) in [5, 5.41) is 0. The van der Waals surface area contributed by atoms with E-state index in [0.717, 1.165) is 18.4 Å². The van der Waals surface area contributed by atoms with Gasteiger partial charge in [-0.1, -0.05) is 60.2 Å². The van der Waals surface area contributed by atoms with E-state index in [2.05, 4.69) is 111 Å². The first-order chi connectivity index (χ1) is 16.8. The number of aryl methyl sites for hydroxylation is 3. The van der Waals surface area contributed by atoms with Gasteiger partial charge in [-0.3, -0.25) is 0 Å². The van der Waals surface area contributed by atoms with Crippen molar-refractivity contribution in [2.24, 2.45) is 11.8 Å². The summed E-state index contributed by atoms with van der Waals surface area (Å²) in [7, 11) is 6.58. The minimum absolute atomic E-state index is 0.796. The highest BCUT2D eigenvalue weighted by Crippen LogP contribution is 2.32. The average Bonchev–Trinajstić information content (AvgIpc) is 3.22. The monoisotopic (exact) mass is 471 g/mol. The number of fused-ring (bicyclic) bond motifs is 3. The van der Waals surface area contributed by atoms with Crippen LogP contribution in [0.15, 0.2) is 60.2 Å². The molecule has 6 rings (SSSR count). The van der Waals surface area contributed by atoms with Gasteiger partial charge in [0.15, 0.2) is 0 Å². The zero-order valence-electron chi connectivity index (χ0n) is 22.8. The fourth-order valence-electron chi connectivity index (χ4n) is 6.21. The van der Waals surface area contributed by atoms with Gasteiger partial charge in [-0.2, -0.15) is 0 Å². The minimum Gasteiger partial charge on any atom is -0.374 e. The van der Waals surface area contributed by atoms with E-state index >= 15 is 0 Å². The highest BCUT2D eigenvalue weighted by molar-refractivity contribution is 5.60. The molecule has 0 amide bonds. The van der Waals surface area contributed by atoms with E-state index in [1.54, 1.807) is 11.1 Å². The Kier molecular flexibility index (Phi) is 8.51. The van der Waals surface area contributed by atoms with Crippen LogP contribution in [0.5, 0.6) is 0 Å². The zero-order valence-corrected chi connectivity index (χ0v) is 22.8. The van der Waals surface area contributed by atoms with Gasteiger partial charge in [-0.05, 0) is 87.9 Å². The molecule has 1 saturated heterocycles. The summed E-state index contributed by atoms with van der Waals surface area (Å²) >= 11 is 0. The van der Waals surface area contributed by atoms with Gasteiger partial charge in [0.1, 0.15) is 0 Å². The molecule has 0 radical (unpaired) electrons. The quantitative estimate of drug-likeness (QED) is 0.464. The summed E-state index contributed by atoms with van der Waals surface area (Å²) in [6.45, 7) is 12.7. The lowest BCUT2D eigenvalue weighted by Gasteiger charge is -2.29. The molecule has 3 heterocycles. The van der Waals surface area contributed by atoms with Gasteiger partial charge in [-0.15, -0.1) is 0 Å². The summed E-state index contributed by atoms with van der Waals surface area (Å²) in [6, 6.07) is 13.2. The van der Waals surface area contributed by atoms with Crippen LogP contribution in [-0.2, 0) is 19.4 Å². The van der Waals surface area contributed by atoms with Crippen LogP contribution >= 0.6 is 0 Å². The predicted molar refractivity (Wildman–Crippen MR) is 151 cm³/mol. The van der Waals surface area contributed by atoms with Crippen molar-refractivity contribution >= 4 is 5.69 Å². The van der Waals surface area contributed by atoms with Gasteiger partial charge < -0.3 is 14.7 Å². The fraction of sp³-hybridized carbons (Fsp3) is 0.500. The van der Waals surface area contributed by atoms with E-state index in [4.69, 9.17) is 0 Å². The van der Waals surface area contributed by atoms with Gasteiger partial charge >= 0.3 is 0 Å². The fourth-order valence-corrected chi connectivity index (χ4v) is 6.21. The lowest BCUT2D eigenvalue weighted by Crippen LogP contribution is -2.26. The smallest absolute Gasteiger partial charge is 0.0425 e. The van der Waals surface area contributed by atoms with Gasteiger partial charge in [0.25, 0.3) is 0 Å². The molecule has 188 valence electrons. The Balaban J connectivity index is 0.000000124. The SMILES string of the molecule is CC1=CC=CC2CN(C)CC12.Cc1cccc2c1CCN(C)C2.Cc1cccc2c1N(C)CCC2. The maximum atomic E-state index is 2.42. The van der Waals surface area contributed by atoms with Crippen LogP contribution in [0, 0.1) is 25.7 Å². The van der Waals surface area contributed by atoms with Crippen LogP contribution < -0.4 is 4.90 Å². The van der Waals surface area contributed by atoms with E-state index in [-0.39, 0.29) is 0 Å². The van der Waals surface area contributed by atoms with Crippen molar-refractivity contribution in [2.45, 2.75) is 46.6 Å². The Morgan fingerprint density at radius 1 is 0.771 bits per heavy atom. The molecule has 1 aliphatic carbocycles. The molecule has 0 spiro atoms. The molecule has 3 nitrogen and oxygen atoms in total. The Morgan fingerprint density at radius 2 is 1.51 bits per heavy atom. The highest BCUT2D eigenvalue weighted by Gasteiger charge is 2.30. The number of hydrogen-bond acceptors (Lipinski definition) is 3. The maximum Gasteiger partial charge on any atom is 0.0425 e. The van der Waals surface area contributed by atoms with Crippen LogP contribution in [0.3, 0.4) is 0 Å². The first-order valence-corrected chi connectivity index (χ1v) is 13.4. The molecule has 3 aliphatic heterocycles. The largest absolute Gasteiger partial charge is 0.374 e. The van der Waals surface area contributed by atoms with Crippen LogP contribution in [-0.4, -0.2) is 57.1 Å². The average molecular weight is 472 g/mol. The molecule has 35 heavy (non-hydrogen) atoms. The lowest BCUT2D eigenvalue weighted by atomic mass is 9.86. The second kappa shape index (κ2) is 11.6. The van der Waals surface area contributed by atoms with Crippen molar-refractivity contribution in [3.05, 3.63) is 88.0 Å². The van der Waals surface area contributed by atoms with Crippen molar-refractivity contribution in [2.75, 3.05) is 52.2 Å². The van der Waals surface area contributed by atoms with Crippen molar-refractivity contribution in [3.8, 4) is 0 Å². The summed E-state index contributed by atoms with van der Waals surface area (Å²) in [4.78, 5) is 7.16. The standard InChI is InChI=1S/2C11H15N.C10H15N/c1-9-5-3-6-10-7-4-8-12(2)11(9)10;1-9-4-3-5-10-8-12(2)7-6-11(9)10;1-8-4-3-5-9-6-11(2)7-10(8)9/h3,5-6H,4,7-8H2,1-2H3;3-5H,6-8H2,1-2H3;3-5,9-10H,6-7H2,1-2H3. The number of benzene rings is 2. The summed E-state index contributed by atoms with van der Waals surface area (Å²) in [6.07, 6.45) is 10.6. The molecule has 2 aromatic carbocycles. The van der Waals surface area contributed by atoms with E-state index < -0.39 is 0 Å². The number of rotatable bonds is 0. The Bertz CT molecular complexity index is 1070. The summed E-state index contributed by atoms with van der Waals surface area (Å²) in [5.74, 6) is 1.61. The first-order valence-electron chi connectivity index (χ1n) is 13.4. The number of para-hydroxylation sites is 1. The Morgan fingerprint density at radius 3 is 2.26 bits per heavy atom. The molecule has 1 fully saturated rings. The third-order valence-electron chi connectivity index (χ3n) is 8.18. The molecule has 2 atom stereocenters. The third kappa shape index (κ3) is 6.26. The van der Waals surface area contributed by atoms with E-state index in [1.165, 1.54) is 73.4 Å². The third-order valence-corrected chi connectivity index (χ3v) is 8.18. The minimum atomic E-state index is 0.796. The number of allylic oxidation sites excluding steroid dienone is 2. The normalized spacial score (nSPS) is 23.1. The second-order valence-corrected chi connectivity index (χ2v) is 11.1. The van der Waals surface area contributed by atoms with Crippen LogP contribution in [0.25, 0.3) is 0 Å². The molecule has 0 aromatic heterocycles.